The zero-order valence-electron chi connectivity index (χ0n) is 11.6. The van der Waals surface area contributed by atoms with E-state index in [1.165, 1.54) is 6.07 Å². The number of benzene rings is 1. The maximum atomic E-state index is 12.3. The van der Waals surface area contributed by atoms with Crippen LogP contribution in [-0.2, 0) is 10.0 Å². The maximum absolute atomic E-state index is 12.3. The largest absolute Gasteiger partial charge is 0.395 e. The molecule has 0 spiro atoms. The molecule has 0 bridgehead atoms. The summed E-state index contributed by atoms with van der Waals surface area (Å²) < 4.78 is 26.9. The minimum absolute atomic E-state index is 0.129. The Hall–Kier alpha value is -1.51. The molecule has 0 aliphatic rings. The fourth-order valence-corrected chi connectivity index (χ4v) is 3.37. The van der Waals surface area contributed by atoms with E-state index in [-0.39, 0.29) is 17.2 Å². The first-order valence-electron chi connectivity index (χ1n) is 6.11. The van der Waals surface area contributed by atoms with E-state index in [9.17, 15) is 18.5 Å². The molecule has 0 aromatic heterocycles. The molecule has 112 valence electrons. The number of nitro benzene ring substituents is 1. The highest BCUT2D eigenvalue weighted by Gasteiger charge is 2.24. The minimum atomic E-state index is -3.91. The number of rotatable bonds is 6. The molecule has 1 rings (SSSR count). The highest BCUT2D eigenvalue weighted by molar-refractivity contribution is 7.89. The van der Waals surface area contributed by atoms with E-state index in [0.29, 0.717) is 17.5 Å². The molecular weight excluding hydrogens is 284 g/mol. The quantitative estimate of drug-likeness (QED) is 0.607. The third-order valence-electron chi connectivity index (χ3n) is 3.14. The van der Waals surface area contributed by atoms with Crippen molar-refractivity contribution in [2.45, 2.75) is 38.1 Å². The molecule has 0 aliphatic carbocycles. The van der Waals surface area contributed by atoms with Gasteiger partial charge in [-0.25, -0.2) is 13.1 Å². The van der Waals surface area contributed by atoms with Crippen LogP contribution in [0.5, 0.6) is 0 Å². The molecule has 1 atom stereocenters. The first-order valence-corrected chi connectivity index (χ1v) is 7.60. The van der Waals surface area contributed by atoms with Crippen LogP contribution in [0.2, 0.25) is 0 Å². The molecule has 8 heteroatoms. The highest BCUT2D eigenvalue weighted by atomic mass is 32.2. The second-order valence-corrected chi connectivity index (χ2v) is 6.23. The van der Waals surface area contributed by atoms with Gasteiger partial charge in [-0.3, -0.25) is 10.1 Å². The van der Waals surface area contributed by atoms with Crippen LogP contribution in [0.4, 0.5) is 5.69 Å². The Morgan fingerprint density at radius 1 is 1.40 bits per heavy atom. The molecular formula is C12H18N2O5S. The molecule has 0 heterocycles. The summed E-state index contributed by atoms with van der Waals surface area (Å²) >= 11 is 0. The lowest BCUT2D eigenvalue weighted by Gasteiger charge is -2.16. The zero-order valence-corrected chi connectivity index (χ0v) is 12.4. The summed E-state index contributed by atoms with van der Waals surface area (Å²) in [4.78, 5) is 10.1. The van der Waals surface area contributed by atoms with E-state index in [2.05, 4.69) is 4.72 Å². The van der Waals surface area contributed by atoms with Crippen LogP contribution < -0.4 is 4.72 Å². The van der Waals surface area contributed by atoms with Gasteiger partial charge in [0.1, 0.15) is 0 Å². The van der Waals surface area contributed by atoms with Crippen molar-refractivity contribution in [1.82, 2.24) is 4.72 Å². The Morgan fingerprint density at radius 3 is 2.45 bits per heavy atom. The second-order valence-electron chi connectivity index (χ2n) is 4.55. The second kappa shape index (κ2) is 6.29. The number of nitrogens with zero attached hydrogens (tertiary/aromatic N) is 1. The van der Waals surface area contributed by atoms with E-state index in [1.807, 2.05) is 0 Å². The summed E-state index contributed by atoms with van der Waals surface area (Å²) in [6.45, 7) is 4.61. The van der Waals surface area contributed by atoms with E-state index < -0.39 is 21.0 Å². The predicted octanol–water partition coefficient (Wildman–Crippen LogP) is 1.26. The number of nitro groups is 1. The monoisotopic (exact) mass is 302 g/mol. The van der Waals surface area contributed by atoms with Crippen LogP contribution in [0.3, 0.4) is 0 Å². The maximum Gasteiger partial charge on any atom is 0.271 e. The van der Waals surface area contributed by atoms with Crippen molar-refractivity contribution in [2.75, 3.05) is 6.61 Å². The van der Waals surface area contributed by atoms with Crippen LogP contribution in [0.15, 0.2) is 17.0 Å². The molecule has 1 aromatic rings. The van der Waals surface area contributed by atoms with Crippen molar-refractivity contribution in [1.29, 1.82) is 0 Å². The van der Waals surface area contributed by atoms with E-state index in [4.69, 9.17) is 5.11 Å². The van der Waals surface area contributed by atoms with Gasteiger partial charge < -0.3 is 5.11 Å². The third-order valence-corrected chi connectivity index (χ3v) is 4.79. The average molecular weight is 302 g/mol. The van der Waals surface area contributed by atoms with Crippen LogP contribution in [-0.4, -0.2) is 31.1 Å². The van der Waals surface area contributed by atoms with E-state index in [1.54, 1.807) is 20.8 Å². The predicted molar refractivity (Wildman–Crippen MR) is 74.1 cm³/mol. The number of aliphatic hydroxyl groups is 1. The SMILES string of the molecule is CC[C@@H](CO)NS(=O)(=O)c1cc([N+](=O)[O-])cc(C)c1C. The van der Waals surface area contributed by atoms with Gasteiger partial charge in [0, 0.05) is 18.2 Å². The van der Waals surface area contributed by atoms with Crippen LogP contribution >= 0.6 is 0 Å². The molecule has 20 heavy (non-hydrogen) atoms. The minimum Gasteiger partial charge on any atom is -0.395 e. The van der Waals surface area contributed by atoms with Gasteiger partial charge in [0.2, 0.25) is 10.0 Å². The Balaban J connectivity index is 3.34. The van der Waals surface area contributed by atoms with Gasteiger partial charge >= 0.3 is 0 Å². The summed E-state index contributed by atoms with van der Waals surface area (Å²) in [5.41, 5.74) is 0.707. The average Bonchev–Trinajstić information content (AvgIpc) is 2.38. The van der Waals surface area contributed by atoms with Crippen LogP contribution in [0.1, 0.15) is 24.5 Å². The van der Waals surface area contributed by atoms with Crippen molar-refractivity contribution in [3.63, 3.8) is 0 Å². The first-order chi connectivity index (χ1) is 9.22. The molecule has 7 nitrogen and oxygen atoms in total. The Bertz CT molecular complexity index is 609. The smallest absolute Gasteiger partial charge is 0.271 e. The summed E-state index contributed by atoms with van der Waals surface area (Å²) in [7, 11) is -3.91. The van der Waals surface area contributed by atoms with Crippen LogP contribution in [0, 0.1) is 24.0 Å². The fraction of sp³-hybridized carbons (Fsp3) is 0.500. The lowest BCUT2D eigenvalue weighted by atomic mass is 10.1. The molecule has 0 unspecified atom stereocenters. The Labute approximate surface area is 117 Å². The standard InChI is InChI=1S/C12H18N2O5S/c1-4-10(7-15)13-20(18,19)12-6-11(14(16)17)5-8(2)9(12)3/h5-6,10,13,15H,4,7H2,1-3H3/t10-/m0/s1. The van der Waals surface area contributed by atoms with Crippen molar-refractivity contribution in [3.05, 3.63) is 33.4 Å². The number of hydrogen-bond acceptors (Lipinski definition) is 5. The van der Waals surface area contributed by atoms with Crippen molar-refractivity contribution >= 4 is 15.7 Å². The molecule has 0 radical (unpaired) electrons. The van der Waals surface area contributed by atoms with Crippen molar-refractivity contribution < 1.29 is 18.4 Å². The molecule has 0 saturated heterocycles. The molecule has 0 saturated carbocycles. The molecule has 0 aliphatic heterocycles. The normalized spacial score (nSPS) is 13.2. The third kappa shape index (κ3) is 3.53. The molecule has 2 N–H and O–H groups in total. The highest BCUT2D eigenvalue weighted by Crippen LogP contribution is 2.25. The van der Waals surface area contributed by atoms with Gasteiger partial charge in [0.15, 0.2) is 0 Å². The number of sulfonamides is 1. The summed E-state index contributed by atoms with van der Waals surface area (Å²) in [6, 6.07) is 1.76. The Morgan fingerprint density at radius 2 is 2.00 bits per heavy atom. The fourth-order valence-electron chi connectivity index (χ4n) is 1.73. The lowest BCUT2D eigenvalue weighted by molar-refractivity contribution is -0.385. The van der Waals surface area contributed by atoms with E-state index >= 15 is 0 Å². The Kier molecular flexibility index (Phi) is 5.21. The van der Waals surface area contributed by atoms with Gasteiger partial charge in [0.25, 0.3) is 5.69 Å². The van der Waals surface area contributed by atoms with Gasteiger partial charge in [0.05, 0.1) is 16.4 Å². The zero-order chi connectivity index (χ0) is 15.5. The van der Waals surface area contributed by atoms with Gasteiger partial charge in [-0.15, -0.1) is 0 Å². The molecule has 1 aromatic carbocycles. The van der Waals surface area contributed by atoms with Crippen molar-refractivity contribution in [3.8, 4) is 0 Å². The topological polar surface area (TPSA) is 110 Å². The van der Waals surface area contributed by atoms with Gasteiger partial charge in [-0.1, -0.05) is 6.92 Å². The summed E-state index contributed by atoms with van der Waals surface area (Å²) in [5, 5.41) is 19.9. The number of non-ortho nitro benzene ring substituents is 1. The molecule has 0 amide bonds. The van der Waals surface area contributed by atoms with E-state index in [0.717, 1.165) is 6.07 Å². The van der Waals surface area contributed by atoms with Crippen molar-refractivity contribution in [2.24, 2.45) is 0 Å². The number of hydrogen-bond donors (Lipinski definition) is 2. The van der Waals surface area contributed by atoms with Crippen LogP contribution in [0.25, 0.3) is 0 Å². The number of aryl methyl sites for hydroxylation is 1. The summed E-state index contributed by atoms with van der Waals surface area (Å²) in [6.07, 6.45) is 0.419. The van der Waals surface area contributed by atoms with Gasteiger partial charge in [-0.05, 0) is 31.4 Å². The summed E-state index contributed by atoms with van der Waals surface area (Å²) in [5.74, 6) is 0. The number of nitrogens with one attached hydrogen (secondary N) is 1. The number of aliphatic hydroxyl groups excluding tert-OH is 1. The molecule has 0 fully saturated rings. The lowest BCUT2D eigenvalue weighted by Crippen LogP contribution is -2.37. The first kappa shape index (κ1) is 16.5. The van der Waals surface area contributed by atoms with Gasteiger partial charge in [-0.2, -0.15) is 0 Å².